The van der Waals surface area contributed by atoms with Crippen LogP contribution in [0.1, 0.15) is 33.1 Å². The van der Waals surface area contributed by atoms with Gasteiger partial charge in [-0.1, -0.05) is 13.8 Å². The number of nitrogens with one attached hydrogen (secondary N) is 2. The molecule has 0 spiro atoms. The maximum Gasteiger partial charge on any atom is 0.224 e. The number of amides is 1. The van der Waals surface area contributed by atoms with Gasteiger partial charge >= 0.3 is 0 Å². The van der Waals surface area contributed by atoms with Crippen LogP contribution < -0.4 is 10.6 Å². The number of hydrogen-bond donors (Lipinski definition) is 3. The molecule has 3 N–H and O–H groups in total. The zero-order chi connectivity index (χ0) is 11.7. The number of hydrogen-bond acceptors (Lipinski definition) is 3. The lowest BCUT2D eigenvalue weighted by molar-refractivity contribution is -0.126. The van der Waals surface area contributed by atoms with Crippen LogP contribution >= 0.6 is 0 Å². The minimum Gasteiger partial charge on any atom is -0.391 e. The summed E-state index contributed by atoms with van der Waals surface area (Å²) in [6, 6.07) is 0.928. The van der Waals surface area contributed by atoms with E-state index >= 15 is 0 Å². The Hall–Kier alpha value is -0.610. The largest absolute Gasteiger partial charge is 0.391 e. The summed E-state index contributed by atoms with van der Waals surface area (Å²) in [6.45, 7) is 4.29. The van der Waals surface area contributed by atoms with Gasteiger partial charge in [0, 0.05) is 18.6 Å². The summed E-state index contributed by atoms with van der Waals surface area (Å²) in [5, 5.41) is 15.9. The van der Waals surface area contributed by atoms with Crippen molar-refractivity contribution in [3.8, 4) is 0 Å². The first-order valence-corrected chi connectivity index (χ1v) is 6.29. The molecule has 0 aliphatic carbocycles. The van der Waals surface area contributed by atoms with E-state index in [-0.39, 0.29) is 17.7 Å². The van der Waals surface area contributed by atoms with Crippen molar-refractivity contribution in [2.75, 3.05) is 6.54 Å². The number of carbonyl (C=O) groups excluding carboxylic acids is 1. The maximum atomic E-state index is 11.9. The highest BCUT2D eigenvalue weighted by atomic mass is 16.3. The topological polar surface area (TPSA) is 61.4 Å². The van der Waals surface area contributed by atoms with Crippen molar-refractivity contribution in [3.63, 3.8) is 0 Å². The lowest BCUT2D eigenvalue weighted by Crippen LogP contribution is -2.41. The molecule has 16 heavy (non-hydrogen) atoms. The first-order chi connectivity index (χ1) is 7.58. The van der Waals surface area contributed by atoms with Crippen LogP contribution in [0.3, 0.4) is 0 Å². The molecule has 92 valence electrons. The Bertz CT molecular complexity index is 268. The summed E-state index contributed by atoms with van der Waals surface area (Å²) in [6.07, 6.45) is 2.86. The first kappa shape index (κ1) is 11.9. The molecular weight excluding hydrogens is 204 g/mol. The molecule has 2 rings (SSSR count). The highest BCUT2D eigenvalue weighted by Gasteiger charge is 2.42. The second-order valence-electron chi connectivity index (χ2n) is 5.45. The number of carbonyl (C=O) groups is 1. The van der Waals surface area contributed by atoms with Crippen LogP contribution in [0.25, 0.3) is 0 Å². The zero-order valence-electron chi connectivity index (χ0n) is 10.1. The van der Waals surface area contributed by atoms with Crippen molar-refractivity contribution in [3.05, 3.63) is 0 Å². The van der Waals surface area contributed by atoms with E-state index in [9.17, 15) is 9.90 Å². The van der Waals surface area contributed by atoms with E-state index in [0.717, 1.165) is 12.8 Å². The fourth-order valence-corrected chi connectivity index (χ4v) is 2.69. The van der Waals surface area contributed by atoms with E-state index in [0.29, 0.717) is 18.6 Å². The summed E-state index contributed by atoms with van der Waals surface area (Å²) in [4.78, 5) is 11.9. The molecule has 2 heterocycles. The summed E-state index contributed by atoms with van der Waals surface area (Å²) in [5.74, 6) is 0.427. The Morgan fingerprint density at radius 2 is 2.25 bits per heavy atom. The molecule has 0 saturated carbocycles. The van der Waals surface area contributed by atoms with Crippen molar-refractivity contribution in [1.29, 1.82) is 0 Å². The van der Waals surface area contributed by atoms with Crippen molar-refractivity contribution >= 4 is 5.91 Å². The molecule has 1 amide bonds. The fraction of sp³-hybridized carbons (Fsp3) is 0.917. The molecule has 4 atom stereocenters. The van der Waals surface area contributed by atoms with Crippen molar-refractivity contribution < 1.29 is 9.90 Å². The first-order valence-electron chi connectivity index (χ1n) is 6.29. The SMILES string of the molecule is CC(C)C(O)CNC(=O)C1CC2CCC1N2. The Labute approximate surface area is 96.8 Å². The van der Waals surface area contributed by atoms with E-state index in [1.807, 2.05) is 13.8 Å². The molecule has 4 heteroatoms. The molecule has 2 saturated heterocycles. The normalized spacial score (nSPS) is 34.4. The van der Waals surface area contributed by atoms with Crippen molar-refractivity contribution in [2.24, 2.45) is 11.8 Å². The minimum absolute atomic E-state index is 0.111. The Morgan fingerprint density at radius 1 is 1.50 bits per heavy atom. The molecule has 0 aromatic carbocycles. The number of aliphatic hydroxyl groups is 1. The highest BCUT2D eigenvalue weighted by Crippen LogP contribution is 2.33. The molecular formula is C12H22N2O2. The van der Waals surface area contributed by atoms with Gasteiger partial charge < -0.3 is 15.7 Å². The minimum atomic E-state index is -0.435. The van der Waals surface area contributed by atoms with Crippen LogP contribution in [0, 0.1) is 11.8 Å². The second kappa shape index (κ2) is 4.72. The number of fused-ring (bicyclic) bond motifs is 2. The van der Waals surface area contributed by atoms with Gasteiger partial charge in [-0.3, -0.25) is 4.79 Å². The summed E-state index contributed by atoms with van der Waals surface area (Å²) >= 11 is 0. The Kier molecular flexibility index (Phi) is 3.50. The number of aliphatic hydroxyl groups excluding tert-OH is 1. The molecule has 0 aromatic heterocycles. The second-order valence-corrected chi connectivity index (χ2v) is 5.45. The third kappa shape index (κ3) is 2.38. The third-order valence-electron chi connectivity index (χ3n) is 3.89. The van der Waals surface area contributed by atoms with Gasteiger partial charge in [0.2, 0.25) is 5.91 Å². The van der Waals surface area contributed by atoms with Crippen LogP contribution in [-0.4, -0.2) is 35.7 Å². The van der Waals surface area contributed by atoms with Crippen LogP contribution in [0.5, 0.6) is 0 Å². The highest BCUT2D eigenvalue weighted by molar-refractivity contribution is 5.80. The Morgan fingerprint density at radius 3 is 2.75 bits per heavy atom. The standard InChI is InChI=1S/C12H22N2O2/c1-7(2)11(15)6-13-12(16)9-5-8-3-4-10(9)14-8/h7-11,14-15H,3-6H2,1-2H3,(H,13,16). The van der Waals surface area contributed by atoms with E-state index in [2.05, 4.69) is 10.6 Å². The van der Waals surface area contributed by atoms with Gasteiger partial charge in [0.15, 0.2) is 0 Å². The lowest BCUT2D eigenvalue weighted by atomic mass is 9.88. The van der Waals surface area contributed by atoms with Gasteiger partial charge in [-0.2, -0.15) is 0 Å². The van der Waals surface area contributed by atoms with Crippen molar-refractivity contribution in [1.82, 2.24) is 10.6 Å². The van der Waals surface area contributed by atoms with Gasteiger partial charge in [0.1, 0.15) is 0 Å². The number of rotatable bonds is 4. The maximum absolute atomic E-state index is 11.9. The van der Waals surface area contributed by atoms with E-state index in [1.165, 1.54) is 6.42 Å². The molecule has 0 aromatic rings. The van der Waals surface area contributed by atoms with Crippen LogP contribution in [-0.2, 0) is 4.79 Å². The van der Waals surface area contributed by atoms with E-state index < -0.39 is 6.10 Å². The zero-order valence-corrected chi connectivity index (χ0v) is 10.1. The van der Waals surface area contributed by atoms with E-state index in [1.54, 1.807) is 0 Å². The summed E-state index contributed by atoms with van der Waals surface area (Å²) in [7, 11) is 0. The van der Waals surface area contributed by atoms with Crippen LogP contribution in [0.4, 0.5) is 0 Å². The molecule has 4 nitrogen and oxygen atoms in total. The van der Waals surface area contributed by atoms with Gasteiger partial charge in [-0.15, -0.1) is 0 Å². The van der Waals surface area contributed by atoms with Gasteiger partial charge in [-0.25, -0.2) is 0 Å². The third-order valence-corrected chi connectivity index (χ3v) is 3.89. The lowest BCUT2D eigenvalue weighted by Gasteiger charge is -2.21. The predicted molar refractivity (Wildman–Crippen MR) is 61.9 cm³/mol. The smallest absolute Gasteiger partial charge is 0.224 e. The van der Waals surface area contributed by atoms with Gasteiger partial charge in [0.05, 0.1) is 12.0 Å². The van der Waals surface area contributed by atoms with E-state index in [4.69, 9.17) is 0 Å². The predicted octanol–water partition coefficient (Wildman–Crippen LogP) is 0.260. The molecule has 0 radical (unpaired) electrons. The average Bonchev–Trinajstić information content (AvgIpc) is 2.86. The van der Waals surface area contributed by atoms with Crippen LogP contribution in [0.2, 0.25) is 0 Å². The fourth-order valence-electron chi connectivity index (χ4n) is 2.69. The molecule has 2 aliphatic heterocycles. The monoisotopic (exact) mass is 226 g/mol. The molecule has 2 aliphatic rings. The van der Waals surface area contributed by atoms with Gasteiger partial charge in [-0.05, 0) is 25.2 Å². The van der Waals surface area contributed by atoms with Crippen LogP contribution in [0.15, 0.2) is 0 Å². The average molecular weight is 226 g/mol. The van der Waals surface area contributed by atoms with Crippen molar-refractivity contribution in [2.45, 2.75) is 51.3 Å². The quantitative estimate of drug-likeness (QED) is 0.644. The summed E-state index contributed by atoms with van der Waals surface area (Å²) in [5.41, 5.74) is 0. The molecule has 4 unspecified atom stereocenters. The van der Waals surface area contributed by atoms with Gasteiger partial charge in [0.25, 0.3) is 0 Å². The molecule has 2 fully saturated rings. The Balaban J connectivity index is 1.76. The summed E-state index contributed by atoms with van der Waals surface area (Å²) < 4.78 is 0. The molecule has 2 bridgehead atoms.